The van der Waals surface area contributed by atoms with E-state index in [1.807, 2.05) is 23.2 Å². The van der Waals surface area contributed by atoms with Crippen LogP contribution >= 0.6 is 0 Å². The van der Waals surface area contributed by atoms with Gasteiger partial charge in [0.2, 0.25) is 0 Å². The molecule has 0 atom stereocenters. The minimum absolute atomic E-state index is 0.698. The van der Waals surface area contributed by atoms with Crippen LogP contribution in [0.25, 0.3) is 0 Å². The molecular formula is C16H23N5. The van der Waals surface area contributed by atoms with Crippen molar-refractivity contribution in [3.05, 3.63) is 48.3 Å². The van der Waals surface area contributed by atoms with Gasteiger partial charge in [0.15, 0.2) is 0 Å². The average Bonchev–Trinajstić information content (AvgIpc) is 3.14. The highest BCUT2D eigenvalue weighted by Crippen LogP contribution is 2.30. The van der Waals surface area contributed by atoms with Gasteiger partial charge in [0.1, 0.15) is 5.82 Å². The molecule has 0 radical (unpaired) electrons. The Balaban J connectivity index is 1.73. The summed E-state index contributed by atoms with van der Waals surface area (Å²) >= 11 is 0. The van der Waals surface area contributed by atoms with Gasteiger partial charge in [-0.05, 0) is 19.8 Å². The molecule has 0 aliphatic heterocycles. The van der Waals surface area contributed by atoms with Gasteiger partial charge in [-0.1, -0.05) is 6.08 Å². The van der Waals surface area contributed by atoms with Crippen molar-refractivity contribution in [2.24, 2.45) is 7.05 Å². The quantitative estimate of drug-likeness (QED) is 0.733. The Morgan fingerprint density at radius 3 is 2.86 bits per heavy atom. The summed E-state index contributed by atoms with van der Waals surface area (Å²) in [7, 11) is 2.06. The predicted octanol–water partition coefficient (Wildman–Crippen LogP) is 2.28. The maximum absolute atomic E-state index is 4.55. The maximum atomic E-state index is 4.55. The monoisotopic (exact) mass is 285 g/mol. The second kappa shape index (κ2) is 5.85. The summed E-state index contributed by atoms with van der Waals surface area (Å²) in [6, 6.07) is 0.698. The lowest BCUT2D eigenvalue weighted by Gasteiger charge is -2.21. The van der Waals surface area contributed by atoms with Crippen molar-refractivity contribution in [3.63, 3.8) is 0 Å². The van der Waals surface area contributed by atoms with Crippen molar-refractivity contribution in [3.8, 4) is 0 Å². The first kappa shape index (κ1) is 14.1. The minimum Gasteiger partial charge on any atom is -0.337 e. The van der Waals surface area contributed by atoms with Gasteiger partial charge >= 0.3 is 0 Å². The van der Waals surface area contributed by atoms with Crippen LogP contribution in [0.4, 0.5) is 0 Å². The van der Waals surface area contributed by atoms with Crippen LogP contribution in [0.5, 0.6) is 0 Å². The Bertz CT molecular complexity index is 620. The molecule has 2 aromatic rings. The average molecular weight is 285 g/mol. The normalized spacial score (nSPS) is 14.8. The molecule has 0 N–H and O–H groups in total. The zero-order valence-electron chi connectivity index (χ0n) is 12.9. The number of imidazole rings is 1. The van der Waals surface area contributed by atoms with E-state index in [0.717, 1.165) is 31.2 Å². The molecule has 0 saturated heterocycles. The molecule has 0 bridgehead atoms. The van der Waals surface area contributed by atoms with Crippen LogP contribution < -0.4 is 0 Å². The highest BCUT2D eigenvalue weighted by Gasteiger charge is 2.30. The topological polar surface area (TPSA) is 38.9 Å². The lowest BCUT2D eigenvalue weighted by molar-refractivity contribution is 0.236. The molecule has 1 aliphatic rings. The van der Waals surface area contributed by atoms with Crippen molar-refractivity contribution in [2.75, 3.05) is 0 Å². The van der Waals surface area contributed by atoms with E-state index in [4.69, 9.17) is 0 Å². The Kier molecular flexibility index (Phi) is 3.92. The molecule has 21 heavy (non-hydrogen) atoms. The molecule has 1 aliphatic carbocycles. The van der Waals surface area contributed by atoms with Gasteiger partial charge in [-0.25, -0.2) is 4.98 Å². The largest absolute Gasteiger partial charge is 0.337 e. The molecule has 5 nitrogen and oxygen atoms in total. The number of nitrogens with zero attached hydrogens (tertiary/aromatic N) is 5. The van der Waals surface area contributed by atoms with Gasteiger partial charge in [0.25, 0.3) is 0 Å². The molecular weight excluding hydrogens is 262 g/mol. The maximum Gasteiger partial charge on any atom is 0.122 e. The van der Waals surface area contributed by atoms with Gasteiger partial charge in [0, 0.05) is 43.8 Å². The third-order valence-electron chi connectivity index (χ3n) is 4.07. The molecule has 3 rings (SSSR count). The fourth-order valence-electron chi connectivity index (χ4n) is 2.64. The van der Waals surface area contributed by atoms with E-state index in [2.05, 4.69) is 46.3 Å². The Morgan fingerprint density at radius 1 is 1.43 bits per heavy atom. The molecule has 1 saturated carbocycles. The summed E-state index contributed by atoms with van der Waals surface area (Å²) in [6.45, 7) is 8.47. The lowest BCUT2D eigenvalue weighted by Crippen LogP contribution is -2.26. The van der Waals surface area contributed by atoms with Gasteiger partial charge in [-0.15, -0.1) is 6.58 Å². The van der Waals surface area contributed by atoms with E-state index in [1.165, 1.54) is 18.4 Å². The number of hydrogen-bond acceptors (Lipinski definition) is 3. The van der Waals surface area contributed by atoms with Crippen LogP contribution in [0.2, 0.25) is 0 Å². The molecule has 0 aromatic carbocycles. The van der Waals surface area contributed by atoms with Crippen LogP contribution in [0.3, 0.4) is 0 Å². The fraction of sp³-hybridized carbons (Fsp3) is 0.500. The molecule has 112 valence electrons. The third kappa shape index (κ3) is 3.24. The van der Waals surface area contributed by atoms with Crippen LogP contribution in [-0.4, -0.2) is 30.3 Å². The minimum atomic E-state index is 0.698. The van der Waals surface area contributed by atoms with E-state index >= 15 is 0 Å². The van der Waals surface area contributed by atoms with E-state index in [9.17, 15) is 0 Å². The SMILES string of the molecule is C=CCn1cc(CN(Cc2nccn2C)C2CC2)c(C)n1. The first-order chi connectivity index (χ1) is 10.2. The van der Waals surface area contributed by atoms with Gasteiger partial charge in [0.05, 0.1) is 18.8 Å². The van der Waals surface area contributed by atoms with Gasteiger partial charge in [-0.3, -0.25) is 9.58 Å². The molecule has 1 fully saturated rings. The third-order valence-corrected chi connectivity index (χ3v) is 4.07. The number of hydrogen-bond donors (Lipinski definition) is 0. The Labute approximate surface area is 125 Å². The lowest BCUT2D eigenvalue weighted by atomic mass is 10.2. The van der Waals surface area contributed by atoms with Crippen molar-refractivity contribution in [1.82, 2.24) is 24.2 Å². The molecule has 0 unspecified atom stereocenters. The molecule has 0 spiro atoms. The summed E-state index contributed by atoms with van der Waals surface area (Å²) in [6.07, 6.45) is 10.5. The number of rotatable bonds is 7. The number of aryl methyl sites for hydroxylation is 2. The summed E-state index contributed by atoms with van der Waals surface area (Å²) in [5.74, 6) is 1.12. The van der Waals surface area contributed by atoms with Crippen molar-refractivity contribution < 1.29 is 0 Å². The number of aromatic nitrogens is 4. The van der Waals surface area contributed by atoms with Crippen LogP contribution in [0.1, 0.15) is 29.9 Å². The molecule has 2 heterocycles. The highest BCUT2D eigenvalue weighted by atomic mass is 15.3. The van der Waals surface area contributed by atoms with Crippen LogP contribution in [-0.2, 0) is 26.7 Å². The first-order valence-electron chi connectivity index (χ1n) is 7.51. The summed E-state index contributed by atoms with van der Waals surface area (Å²) < 4.78 is 4.06. The smallest absolute Gasteiger partial charge is 0.122 e. The second-order valence-corrected chi connectivity index (χ2v) is 5.84. The Hall–Kier alpha value is -1.88. The predicted molar refractivity (Wildman–Crippen MR) is 82.6 cm³/mol. The van der Waals surface area contributed by atoms with Crippen LogP contribution in [0, 0.1) is 6.92 Å². The van der Waals surface area contributed by atoms with Gasteiger partial charge < -0.3 is 4.57 Å². The van der Waals surface area contributed by atoms with Gasteiger partial charge in [-0.2, -0.15) is 5.10 Å². The standard InChI is InChI=1S/C16H23N5/c1-4-8-21-11-14(13(2)18-21)10-20(15-5-6-15)12-16-17-7-9-19(16)3/h4,7,9,11,15H,1,5-6,8,10,12H2,2-3H3. The van der Waals surface area contributed by atoms with E-state index in [-0.39, 0.29) is 0 Å². The number of allylic oxidation sites excluding steroid dienone is 1. The Morgan fingerprint density at radius 2 is 2.24 bits per heavy atom. The van der Waals surface area contributed by atoms with E-state index in [1.54, 1.807) is 0 Å². The second-order valence-electron chi connectivity index (χ2n) is 5.84. The molecule has 5 heteroatoms. The van der Waals surface area contributed by atoms with E-state index < -0.39 is 0 Å². The molecule has 2 aromatic heterocycles. The highest BCUT2D eigenvalue weighted by molar-refractivity contribution is 5.16. The van der Waals surface area contributed by atoms with Crippen molar-refractivity contribution in [1.29, 1.82) is 0 Å². The summed E-state index contributed by atoms with van der Waals surface area (Å²) in [5.41, 5.74) is 2.42. The van der Waals surface area contributed by atoms with Crippen molar-refractivity contribution >= 4 is 0 Å². The van der Waals surface area contributed by atoms with Crippen LogP contribution in [0.15, 0.2) is 31.2 Å². The summed E-state index contributed by atoms with van der Waals surface area (Å²) in [4.78, 5) is 6.97. The summed E-state index contributed by atoms with van der Waals surface area (Å²) in [5, 5.41) is 4.55. The van der Waals surface area contributed by atoms with E-state index in [0.29, 0.717) is 6.04 Å². The first-order valence-corrected chi connectivity index (χ1v) is 7.51. The fourth-order valence-corrected chi connectivity index (χ4v) is 2.64. The zero-order chi connectivity index (χ0) is 14.8. The molecule has 0 amide bonds. The van der Waals surface area contributed by atoms with Crippen molar-refractivity contribution in [2.45, 2.75) is 45.4 Å². The zero-order valence-corrected chi connectivity index (χ0v) is 12.9.